The third-order valence-corrected chi connectivity index (χ3v) is 3.57. The molecule has 2 rings (SSSR count). The Kier molecular flexibility index (Phi) is 4.66. The number of nitrogens with zero attached hydrogens (tertiary/aromatic N) is 2. The molecule has 0 aromatic carbocycles. The maximum absolute atomic E-state index is 10.6. The van der Waals surface area contributed by atoms with Crippen molar-refractivity contribution in [3.05, 3.63) is 12.0 Å². The summed E-state index contributed by atoms with van der Waals surface area (Å²) in [5, 5.41) is 28.7. The summed E-state index contributed by atoms with van der Waals surface area (Å²) >= 11 is 0. The number of phosphoric ester groups is 1. The van der Waals surface area contributed by atoms with Gasteiger partial charge >= 0.3 is 7.82 Å². The number of nitrogen functional groups attached to an aromatic ring is 1. The van der Waals surface area contributed by atoms with Crippen LogP contribution in [0.2, 0.25) is 0 Å². The number of aliphatic hydroxyl groups is 3. The number of hydrogen-bond donors (Lipinski definition) is 6. The molecule has 120 valence electrons. The van der Waals surface area contributed by atoms with E-state index in [2.05, 4.69) is 9.51 Å². The van der Waals surface area contributed by atoms with Crippen LogP contribution in [0.15, 0.2) is 6.33 Å². The quantitative estimate of drug-likeness (QED) is 0.322. The van der Waals surface area contributed by atoms with E-state index < -0.39 is 45.6 Å². The Balaban J connectivity index is 2.12. The van der Waals surface area contributed by atoms with Gasteiger partial charge in [-0.15, -0.1) is 0 Å². The number of ether oxygens (including phenoxy) is 1. The Labute approximate surface area is 118 Å². The molecule has 21 heavy (non-hydrogen) atoms. The highest BCUT2D eigenvalue weighted by Crippen LogP contribution is 2.38. The molecule has 1 aliphatic rings. The fourth-order valence-electron chi connectivity index (χ4n) is 2.00. The number of aromatic nitrogens is 2. The molecule has 1 aromatic rings. The van der Waals surface area contributed by atoms with E-state index in [1.807, 2.05) is 0 Å². The van der Waals surface area contributed by atoms with Crippen LogP contribution >= 0.6 is 7.82 Å². The number of rotatable bonds is 5. The number of aliphatic hydroxyl groups excluding tert-OH is 3. The summed E-state index contributed by atoms with van der Waals surface area (Å²) in [7, 11) is -4.72. The third-order valence-electron chi connectivity index (χ3n) is 3.08. The summed E-state index contributed by atoms with van der Waals surface area (Å²) in [6.45, 7) is -1.02. The van der Waals surface area contributed by atoms with Crippen LogP contribution < -0.4 is 5.73 Å². The molecule has 0 bridgehead atoms. The van der Waals surface area contributed by atoms with Crippen molar-refractivity contribution < 1.29 is 38.9 Å². The van der Waals surface area contributed by atoms with Crippen LogP contribution in [0, 0.1) is 0 Å². The summed E-state index contributed by atoms with van der Waals surface area (Å²) in [6, 6.07) is 0. The van der Waals surface area contributed by atoms with Gasteiger partial charge in [-0.05, 0) is 0 Å². The first-order valence-corrected chi connectivity index (χ1v) is 7.41. The van der Waals surface area contributed by atoms with Crippen LogP contribution in [0.5, 0.6) is 0 Å². The number of hydrogen-bond acceptors (Lipinski definition) is 8. The van der Waals surface area contributed by atoms with Gasteiger partial charge < -0.3 is 35.6 Å². The second kappa shape index (κ2) is 5.99. The number of imidazole rings is 1. The molecule has 0 aliphatic carbocycles. The van der Waals surface area contributed by atoms with E-state index in [0.29, 0.717) is 0 Å². The zero-order chi connectivity index (χ0) is 15.8. The van der Waals surface area contributed by atoms with E-state index in [0.717, 1.165) is 0 Å². The molecule has 1 saturated heterocycles. The van der Waals surface area contributed by atoms with Crippen LogP contribution in [0.1, 0.15) is 11.9 Å². The van der Waals surface area contributed by atoms with Gasteiger partial charge in [0.2, 0.25) is 0 Å². The van der Waals surface area contributed by atoms with Crippen molar-refractivity contribution in [3.63, 3.8) is 0 Å². The van der Waals surface area contributed by atoms with Gasteiger partial charge in [0.1, 0.15) is 29.8 Å². The fourth-order valence-corrected chi connectivity index (χ4v) is 2.34. The molecule has 1 aliphatic heterocycles. The minimum absolute atomic E-state index is 0.0466. The minimum atomic E-state index is -4.72. The lowest BCUT2D eigenvalue weighted by Gasteiger charge is -2.17. The number of nitrogens with two attached hydrogens (primary N) is 1. The molecule has 1 fully saturated rings. The first-order chi connectivity index (χ1) is 9.74. The van der Waals surface area contributed by atoms with Gasteiger partial charge in [-0.2, -0.15) is 0 Å². The van der Waals surface area contributed by atoms with Gasteiger partial charge in [0.25, 0.3) is 0 Å². The van der Waals surface area contributed by atoms with Crippen molar-refractivity contribution in [2.45, 2.75) is 31.1 Å². The molecule has 3 unspecified atom stereocenters. The Morgan fingerprint density at radius 3 is 2.62 bits per heavy atom. The first kappa shape index (κ1) is 16.3. The van der Waals surface area contributed by atoms with E-state index in [4.69, 9.17) is 25.4 Å². The van der Waals surface area contributed by atoms with Crippen LogP contribution in [0.4, 0.5) is 5.82 Å². The first-order valence-electron chi connectivity index (χ1n) is 5.88. The Hall–Kier alpha value is -1.04. The predicted octanol–water partition coefficient (Wildman–Crippen LogP) is -2.31. The van der Waals surface area contributed by atoms with Crippen LogP contribution in [-0.2, 0) is 20.4 Å². The topological polar surface area (TPSA) is 181 Å². The minimum Gasteiger partial charge on any atom is -0.390 e. The standard InChI is InChI=1S/C9H16N3O8P/c10-8-4(1-13)11-3-12(8)9-7(15)6(14)5(20-9)2-19-21(16,17)18/h3,5-7,9,13-15H,1-2,10H2,(H2,16,17,18)/t5-,6?,7?,9?/m1/s1. The zero-order valence-corrected chi connectivity index (χ0v) is 11.6. The van der Waals surface area contributed by atoms with Crippen LogP contribution in [-0.4, -0.2) is 59.6 Å². The van der Waals surface area contributed by atoms with Crippen molar-refractivity contribution in [2.75, 3.05) is 12.3 Å². The van der Waals surface area contributed by atoms with Crippen LogP contribution in [0.3, 0.4) is 0 Å². The van der Waals surface area contributed by atoms with Crippen LogP contribution in [0.25, 0.3) is 0 Å². The lowest BCUT2D eigenvalue weighted by Crippen LogP contribution is -2.33. The van der Waals surface area contributed by atoms with Gasteiger partial charge in [0, 0.05) is 0 Å². The number of phosphoric acid groups is 1. The third kappa shape index (κ3) is 3.42. The average Bonchev–Trinajstić information content (AvgIpc) is 2.89. The molecular formula is C9H16N3O8P. The highest BCUT2D eigenvalue weighted by molar-refractivity contribution is 7.46. The molecule has 0 spiro atoms. The highest BCUT2D eigenvalue weighted by atomic mass is 31.2. The summed E-state index contributed by atoms with van der Waals surface area (Å²) in [4.78, 5) is 21.0. The van der Waals surface area contributed by atoms with Crippen molar-refractivity contribution >= 4 is 13.6 Å². The maximum atomic E-state index is 10.6. The molecular weight excluding hydrogens is 309 g/mol. The van der Waals surface area contributed by atoms with Crippen molar-refractivity contribution in [3.8, 4) is 0 Å². The molecule has 1 aromatic heterocycles. The smallest absolute Gasteiger partial charge is 0.390 e. The van der Waals surface area contributed by atoms with E-state index >= 15 is 0 Å². The second-order valence-corrected chi connectivity index (χ2v) is 5.71. The summed E-state index contributed by atoms with van der Waals surface area (Å²) < 4.78 is 21.4. The average molecular weight is 325 g/mol. The van der Waals surface area contributed by atoms with E-state index in [1.165, 1.54) is 10.9 Å². The van der Waals surface area contributed by atoms with Crippen molar-refractivity contribution in [1.82, 2.24) is 9.55 Å². The van der Waals surface area contributed by atoms with Gasteiger partial charge in [0.05, 0.1) is 19.5 Å². The van der Waals surface area contributed by atoms with Gasteiger partial charge in [-0.3, -0.25) is 9.09 Å². The molecule has 11 nitrogen and oxygen atoms in total. The SMILES string of the molecule is Nc1c(CO)ncn1C1O[C@H](COP(=O)(O)O)C(O)C1O. The Morgan fingerprint density at radius 1 is 1.43 bits per heavy atom. The Morgan fingerprint density at radius 2 is 2.10 bits per heavy atom. The van der Waals surface area contributed by atoms with Gasteiger partial charge in [-0.1, -0.05) is 0 Å². The molecule has 7 N–H and O–H groups in total. The normalized spacial score (nSPS) is 30.0. The predicted molar refractivity (Wildman–Crippen MR) is 66.5 cm³/mol. The molecule has 0 saturated carbocycles. The molecule has 0 amide bonds. The number of anilines is 1. The molecule has 12 heteroatoms. The summed E-state index contributed by atoms with van der Waals surface area (Å²) in [6.07, 6.45) is -3.89. The van der Waals surface area contributed by atoms with E-state index in [1.54, 1.807) is 0 Å². The van der Waals surface area contributed by atoms with Crippen molar-refractivity contribution in [1.29, 1.82) is 0 Å². The lowest BCUT2D eigenvalue weighted by atomic mass is 10.1. The van der Waals surface area contributed by atoms with E-state index in [9.17, 15) is 14.8 Å². The second-order valence-electron chi connectivity index (χ2n) is 4.47. The molecule has 2 heterocycles. The van der Waals surface area contributed by atoms with Crippen molar-refractivity contribution in [2.24, 2.45) is 0 Å². The van der Waals surface area contributed by atoms with E-state index in [-0.39, 0.29) is 11.5 Å². The summed E-state index contributed by atoms with van der Waals surface area (Å²) in [5.41, 5.74) is 5.88. The maximum Gasteiger partial charge on any atom is 0.469 e. The fraction of sp³-hybridized carbons (Fsp3) is 0.667. The van der Waals surface area contributed by atoms with Gasteiger partial charge in [0.15, 0.2) is 6.23 Å². The highest BCUT2D eigenvalue weighted by Gasteiger charge is 2.45. The Bertz CT molecular complexity index is 545. The molecule has 0 radical (unpaired) electrons. The summed E-state index contributed by atoms with van der Waals surface area (Å²) in [5.74, 6) is 0.0466. The largest absolute Gasteiger partial charge is 0.469 e. The lowest BCUT2D eigenvalue weighted by molar-refractivity contribution is -0.0511. The zero-order valence-electron chi connectivity index (χ0n) is 10.7. The van der Waals surface area contributed by atoms with Gasteiger partial charge in [-0.25, -0.2) is 9.55 Å². The molecule has 4 atom stereocenters. The monoisotopic (exact) mass is 325 g/mol.